The summed E-state index contributed by atoms with van der Waals surface area (Å²) in [5.74, 6) is -0.587. The van der Waals surface area contributed by atoms with Crippen LogP contribution in [0.3, 0.4) is 0 Å². The topological polar surface area (TPSA) is 26.3 Å². The van der Waals surface area contributed by atoms with Gasteiger partial charge < -0.3 is 4.74 Å². The highest BCUT2D eigenvalue weighted by molar-refractivity contribution is 6.31. The zero-order valence-corrected chi connectivity index (χ0v) is 11.7. The van der Waals surface area contributed by atoms with Crippen molar-refractivity contribution < 1.29 is 13.9 Å². The smallest absolute Gasteiger partial charge is 0.168 e. The Balaban J connectivity index is 2.90. The zero-order chi connectivity index (χ0) is 13.8. The summed E-state index contributed by atoms with van der Waals surface area (Å²) in [5.41, 5.74) is -0.328. The van der Waals surface area contributed by atoms with Gasteiger partial charge in [0.1, 0.15) is 11.4 Å². The second-order valence-electron chi connectivity index (χ2n) is 4.33. The minimum absolute atomic E-state index is 0.0146. The molecule has 1 unspecified atom stereocenters. The molecule has 0 aromatic heterocycles. The van der Waals surface area contributed by atoms with Crippen LogP contribution in [0.5, 0.6) is 0 Å². The van der Waals surface area contributed by atoms with Crippen LogP contribution in [-0.4, -0.2) is 18.0 Å². The molecule has 0 fully saturated rings. The molecule has 0 spiro atoms. The lowest BCUT2D eigenvalue weighted by Crippen LogP contribution is -2.39. The molecule has 0 radical (unpaired) electrons. The summed E-state index contributed by atoms with van der Waals surface area (Å²) >= 11 is 5.84. The van der Waals surface area contributed by atoms with Gasteiger partial charge in [-0.1, -0.05) is 30.7 Å². The molecule has 1 rings (SSSR count). The first-order valence-electron chi connectivity index (χ1n) is 6.04. The minimum atomic E-state index is -0.829. The lowest BCUT2D eigenvalue weighted by atomic mass is 9.92. The van der Waals surface area contributed by atoms with Crippen molar-refractivity contribution >= 4 is 17.4 Å². The highest BCUT2D eigenvalue weighted by Gasteiger charge is 2.31. The third-order valence-electron chi connectivity index (χ3n) is 3.11. The Morgan fingerprint density at radius 3 is 2.67 bits per heavy atom. The molecule has 100 valence electrons. The Hall–Kier alpha value is -0.930. The average molecular weight is 273 g/mol. The highest BCUT2D eigenvalue weighted by atomic mass is 35.5. The van der Waals surface area contributed by atoms with Crippen LogP contribution in [-0.2, 0) is 16.0 Å². The van der Waals surface area contributed by atoms with E-state index in [0.29, 0.717) is 18.6 Å². The van der Waals surface area contributed by atoms with Gasteiger partial charge in [0.05, 0.1) is 5.02 Å². The van der Waals surface area contributed by atoms with E-state index in [-0.39, 0.29) is 17.2 Å². The average Bonchev–Trinajstić information content (AvgIpc) is 2.35. The Morgan fingerprint density at radius 2 is 2.11 bits per heavy atom. The minimum Gasteiger partial charge on any atom is -0.368 e. The molecule has 1 atom stereocenters. The summed E-state index contributed by atoms with van der Waals surface area (Å²) in [7, 11) is 0. The van der Waals surface area contributed by atoms with Crippen molar-refractivity contribution in [3.05, 3.63) is 34.6 Å². The van der Waals surface area contributed by atoms with Crippen molar-refractivity contribution in [2.24, 2.45) is 0 Å². The normalized spacial score (nSPS) is 14.3. The maximum atomic E-state index is 13.3. The quantitative estimate of drug-likeness (QED) is 0.787. The van der Waals surface area contributed by atoms with E-state index in [1.165, 1.54) is 6.07 Å². The summed E-state index contributed by atoms with van der Waals surface area (Å²) in [5, 5.41) is 0.0146. The predicted octanol–water partition coefficient (Wildman–Crippen LogP) is 3.80. The van der Waals surface area contributed by atoms with Gasteiger partial charge in [0.25, 0.3) is 0 Å². The van der Waals surface area contributed by atoms with Crippen molar-refractivity contribution in [2.75, 3.05) is 6.61 Å². The lowest BCUT2D eigenvalue weighted by Gasteiger charge is -2.26. The molecule has 0 aliphatic heterocycles. The van der Waals surface area contributed by atoms with Gasteiger partial charge in [-0.05, 0) is 31.9 Å². The molecular weight excluding hydrogens is 255 g/mol. The van der Waals surface area contributed by atoms with E-state index in [9.17, 15) is 9.18 Å². The first kappa shape index (κ1) is 15.1. The van der Waals surface area contributed by atoms with E-state index in [1.54, 1.807) is 19.1 Å². The molecule has 0 N–H and O–H groups in total. The number of ether oxygens (including phenoxy) is 1. The van der Waals surface area contributed by atoms with Gasteiger partial charge in [0, 0.05) is 13.0 Å². The molecule has 1 aromatic carbocycles. The van der Waals surface area contributed by atoms with Crippen LogP contribution in [0, 0.1) is 5.82 Å². The first-order chi connectivity index (χ1) is 8.44. The fourth-order valence-corrected chi connectivity index (χ4v) is 1.94. The maximum Gasteiger partial charge on any atom is 0.168 e. The van der Waals surface area contributed by atoms with Crippen molar-refractivity contribution in [1.82, 2.24) is 0 Å². The molecule has 0 amide bonds. The van der Waals surface area contributed by atoms with Gasteiger partial charge in [-0.3, -0.25) is 4.79 Å². The predicted molar refractivity (Wildman–Crippen MR) is 70.4 cm³/mol. The summed E-state index contributed by atoms with van der Waals surface area (Å²) in [4.78, 5) is 12.2. The highest BCUT2D eigenvalue weighted by Crippen LogP contribution is 2.24. The molecule has 0 aliphatic rings. The van der Waals surface area contributed by atoms with Gasteiger partial charge in [0.15, 0.2) is 5.78 Å². The molecule has 4 heteroatoms. The third kappa shape index (κ3) is 3.30. The van der Waals surface area contributed by atoms with E-state index in [2.05, 4.69) is 0 Å². The van der Waals surface area contributed by atoms with E-state index in [0.717, 1.165) is 0 Å². The molecule has 0 saturated carbocycles. The van der Waals surface area contributed by atoms with Crippen LogP contribution >= 0.6 is 11.6 Å². The molecule has 1 aromatic rings. The summed E-state index contributed by atoms with van der Waals surface area (Å²) in [6.07, 6.45) is 0.660. The van der Waals surface area contributed by atoms with E-state index in [1.807, 2.05) is 13.8 Å². The Kier molecular flexibility index (Phi) is 5.29. The SMILES string of the molecule is CCOC(C)(CC)C(=O)Cc1cccc(F)c1Cl. The van der Waals surface area contributed by atoms with Crippen LogP contribution < -0.4 is 0 Å². The number of ketones is 1. The standard InChI is InChI=1S/C14H18ClFO2/c1-4-14(3,18-5-2)12(17)9-10-7-6-8-11(16)13(10)15/h6-8H,4-5,9H2,1-3H3. The van der Waals surface area contributed by atoms with Crippen LogP contribution in [0.1, 0.15) is 32.8 Å². The molecule has 18 heavy (non-hydrogen) atoms. The number of rotatable bonds is 6. The van der Waals surface area contributed by atoms with Crippen molar-refractivity contribution in [2.45, 2.75) is 39.2 Å². The summed E-state index contributed by atoms with van der Waals surface area (Å²) < 4.78 is 18.8. The lowest BCUT2D eigenvalue weighted by molar-refractivity contribution is -0.141. The molecular formula is C14H18ClFO2. The van der Waals surface area contributed by atoms with Crippen molar-refractivity contribution in [1.29, 1.82) is 0 Å². The van der Waals surface area contributed by atoms with Gasteiger partial charge in [-0.15, -0.1) is 0 Å². The van der Waals surface area contributed by atoms with Crippen LogP contribution in [0.4, 0.5) is 4.39 Å². The first-order valence-corrected chi connectivity index (χ1v) is 6.42. The molecule has 0 saturated heterocycles. The number of carbonyl (C=O) groups excluding carboxylic acids is 1. The Bertz CT molecular complexity index is 434. The number of hydrogen-bond donors (Lipinski definition) is 0. The molecule has 2 nitrogen and oxygen atoms in total. The largest absolute Gasteiger partial charge is 0.368 e. The fourth-order valence-electron chi connectivity index (χ4n) is 1.74. The number of Topliss-reactive ketones (excluding diaryl/α,β-unsaturated/α-hetero) is 1. The molecule has 0 bridgehead atoms. The van der Waals surface area contributed by atoms with Crippen LogP contribution in [0.2, 0.25) is 5.02 Å². The van der Waals surface area contributed by atoms with Crippen molar-refractivity contribution in [3.63, 3.8) is 0 Å². The Morgan fingerprint density at radius 1 is 1.44 bits per heavy atom. The number of benzene rings is 1. The van der Waals surface area contributed by atoms with Crippen LogP contribution in [0.25, 0.3) is 0 Å². The monoisotopic (exact) mass is 272 g/mol. The second kappa shape index (κ2) is 6.30. The molecule has 0 aliphatic carbocycles. The number of carbonyl (C=O) groups is 1. The van der Waals surface area contributed by atoms with E-state index in [4.69, 9.17) is 16.3 Å². The molecule has 0 heterocycles. The zero-order valence-electron chi connectivity index (χ0n) is 10.9. The number of halogens is 2. The summed E-state index contributed by atoms with van der Waals surface area (Å²) in [6, 6.07) is 4.48. The van der Waals surface area contributed by atoms with Crippen LogP contribution in [0.15, 0.2) is 18.2 Å². The van der Waals surface area contributed by atoms with Gasteiger partial charge >= 0.3 is 0 Å². The van der Waals surface area contributed by atoms with Gasteiger partial charge in [-0.2, -0.15) is 0 Å². The van der Waals surface area contributed by atoms with Gasteiger partial charge in [-0.25, -0.2) is 4.39 Å². The van der Waals surface area contributed by atoms with E-state index >= 15 is 0 Å². The number of hydrogen-bond acceptors (Lipinski definition) is 2. The van der Waals surface area contributed by atoms with Gasteiger partial charge in [0.2, 0.25) is 0 Å². The fraction of sp³-hybridized carbons (Fsp3) is 0.500. The Labute approximate surface area is 112 Å². The maximum absolute atomic E-state index is 13.3. The van der Waals surface area contributed by atoms with Crippen molar-refractivity contribution in [3.8, 4) is 0 Å². The second-order valence-corrected chi connectivity index (χ2v) is 4.71. The third-order valence-corrected chi connectivity index (χ3v) is 3.53. The summed E-state index contributed by atoms with van der Waals surface area (Å²) in [6.45, 7) is 5.95. The van der Waals surface area contributed by atoms with E-state index < -0.39 is 11.4 Å².